The molecule has 0 spiro atoms. The summed E-state index contributed by atoms with van der Waals surface area (Å²) < 4.78 is 0. The molecule has 0 aliphatic heterocycles. The quantitative estimate of drug-likeness (QED) is 0.742. The Labute approximate surface area is 98.5 Å². The minimum atomic E-state index is 0.979. The molecule has 0 aromatic carbocycles. The molecule has 2 nitrogen and oxygen atoms in total. The lowest BCUT2D eigenvalue weighted by Gasteiger charge is -2.09. The van der Waals surface area contributed by atoms with Gasteiger partial charge in [-0.05, 0) is 43.0 Å². The molecule has 1 fully saturated rings. The zero-order valence-electron chi connectivity index (χ0n) is 9.99. The molecule has 16 heavy (non-hydrogen) atoms. The highest BCUT2D eigenvalue weighted by Gasteiger charge is 2.13. The van der Waals surface area contributed by atoms with E-state index in [0.29, 0.717) is 0 Å². The van der Waals surface area contributed by atoms with Crippen molar-refractivity contribution < 1.29 is 0 Å². The van der Waals surface area contributed by atoms with Crippen LogP contribution in [0, 0.1) is 5.92 Å². The minimum absolute atomic E-state index is 0.979. The van der Waals surface area contributed by atoms with Crippen LogP contribution in [0.25, 0.3) is 0 Å². The highest BCUT2D eigenvalue weighted by atomic mass is 14.8. The number of rotatable bonds is 6. The van der Waals surface area contributed by atoms with Crippen LogP contribution in [0.4, 0.5) is 0 Å². The van der Waals surface area contributed by atoms with Crippen LogP contribution in [0.15, 0.2) is 24.5 Å². The Hall–Kier alpha value is -0.890. The lowest BCUT2D eigenvalue weighted by Crippen LogP contribution is -2.15. The van der Waals surface area contributed by atoms with Gasteiger partial charge in [-0.15, -0.1) is 0 Å². The summed E-state index contributed by atoms with van der Waals surface area (Å²) in [7, 11) is 0. The van der Waals surface area contributed by atoms with Gasteiger partial charge in [0.25, 0.3) is 0 Å². The van der Waals surface area contributed by atoms with Crippen molar-refractivity contribution in [3.63, 3.8) is 0 Å². The Morgan fingerprint density at radius 3 is 2.69 bits per heavy atom. The van der Waals surface area contributed by atoms with Gasteiger partial charge in [0.15, 0.2) is 0 Å². The van der Waals surface area contributed by atoms with Gasteiger partial charge < -0.3 is 5.32 Å². The predicted octanol–water partition coefficient (Wildman–Crippen LogP) is 3.14. The molecule has 1 saturated carbocycles. The molecular weight excluding hydrogens is 196 g/mol. The number of pyridine rings is 1. The van der Waals surface area contributed by atoms with Crippen LogP contribution >= 0.6 is 0 Å². The summed E-state index contributed by atoms with van der Waals surface area (Å²) in [6, 6.07) is 4.15. The Morgan fingerprint density at radius 2 is 1.94 bits per heavy atom. The number of aromatic nitrogens is 1. The van der Waals surface area contributed by atoms with Crippen LogP contribution < -0.4 is 5.32 Å². The SMILES string of the molecule is c1cc(CNCCCC2CCCC2)ccn1. The fourth-order valence-electron chi connectivity index (χ4n) is 2.55. The van der Waals surface area contributed by atoms with Crippen molar-refractivity contribution in [2.75, 3.05) is 6.54 Å². The summed E-state index contributed by atoms with van der Waals surface area (Å²) in [5.74, 6) is 1.03. The van der Waals surface area contributed by atoms with Gasteiger partial charge in [-0.3, -0.25) is 4.98 Å². The van der Waals surface area contributed by atoms with E-state index in [-0.39, 0.29) is 0 Å². The third-order valence-corrected chi connectivity index (χ3v) is 3.52. The highest BCUT2D eigenvalue weighted by molar-refractivity contribution is 5.08. The first kappa shape index (κ1) is 11.6. The van der Waals surface area contributed by atoms with E-state index in [4.69, 9.17) is 0 Å². The summed E-state index contributed by atoms with van der Waals surface area (Å²) in [6.07, 6.45) is 12.4. The van der Waals surface area contributed by atoms with Crippen LogP contribution in [0.2, 0.25) is 0 Å². The van der Waals surface area contributed by atoms with E-state index in [1.807, 2.05) is 12.4 Å². The molecule has 1 aliphatic carbocycles. The molecule has 0 radical (unpaired) electrons. The highest BCUT2D eigenvalue weighted by Crippen LogP contribution is 2.28. The van der Waals surface area contributed by atoms with Crippen LogP contribution in [0.3, 0.4) is 0 Å². The Bertz CT molecular complexity index is 278. The molecular formula is C14H22N2. The van der Waals surface area contributed by atoms with E-state index in [0.717, 1.165) is 19.0 Å². The topological polar surface area (TPSA) is 24.9 Å². The number of nitrogens with one attached hydrogen (secondary N) is 1. The molecule has 2 rings (SSSR count). The summed E-state index contributed by atoms with van der Waals surface area (Å²) in [5, 5.41) is 3.50. The second kappa shape index (κ2) is 6.64. The Balaban J connectivity index is 1.52. The predicted molar refractivity (Wildman–Crippen MR) is 67.1 cm³/mol. The Morgan fingerprint density at radius 1 is 1.19 bits per heavy atom. The molecule has 0 atom stereocenters. The smallest absolute Gasteiger partial charge is 0.0271 e. The molecule has 0 saturated heterocycles. The van der Waals surface area contributed by atoms with Gasteiger partial charge >= 0.3 is 0 Å². The number of nitrogens with zero attached hydrogens (tertiary/aromatic N) is 1. The van der Waals surface area contributed by atoms with Gasteiger partial charge in [0.05, 0.1) is 0 Å². The fourth-order valence-corrected chi connectivity index (χ4v) is 2.55. The largest absolute Gasteiger partial charge is 0.313 e. The van der Waals surface area contributed by atoms with Gasteiger partial charge in [0.2, 0.25) is 0 Å². The molecule has 1 aromatic heterocycles. The van der Waals surface area contributed by atoms with Crippen molar-refractivity contribution in [1.82, 2.24) is 10.3 Å². The first-order chi connectivity index (χ1) is 7.95. The van der Waals surface area contributed by atoms with Crippen LogP contribution in [0.1, 0.15) is 44.1 Å². The van der Waals surface area contributed by atoms with E-state index in [1.165, 1.54) is 44.1 Å². The van der Waals surface area contributed by atoms with E-state index < -0.39 is 0 Å². The molecule has 88 valence electrons. The molecule has 1 aliphatic rings. The van der Waals surface area contributed by atoms with Gasteiger partial charge in [-0.1, -0.05) is 25.7 Å². The van der Waals surface area contributed by atoms with Crippen molar-refractivity contribution >= 4 is 0 Å². The monoisotopic (exact) mass is 218 g/mol. The zero-order valence-corrected chi connectivity index (χ0v) is 9.99. The molecule has 1 aromatic rings. The molecule has 0 unspecified atom stereocenters. The number of hydrogen-bond acceptors (Lipinski definition) is 2. The van der Waals surface area contributed by atoms with Crippen LogP contribution in [0.5, 0.6) is 0 Å². The summed E-state index contributed by atoms with van der Waals surface area (Å²) >= 11 is 0. The van der Waals surface area contributed by atoms with Gasteiger partial charge in [-0.25, -0.2) is 0 Å². The maximum atomic E-state index is 4.01. The lowest BCUT2D eigenvalue weighted by atomic mass is 10.0. The third-order valence-electron chi connectivity index (χ3n) is 3.52. The summed E-state index contributed by atoms with van der Waals surface area (Å²) in [4.78, 5) is 4.01. The average Bonchev–Trinajstić information content (AvgIpc) is 2.83. The second-order valence-electron chi connectivity index (χ2n) is 4.82. The van der Waals surface area contributed by atoms with Crippen molar-refractivity contribution in [1.29, 1.82) is 0 Å². The zero-order chi connectivity index (χ0) is 11.1. The molecule has 0 bridgehead atoms. The maximum Gasteiger partial charge on any atom is 0.0271 e. The normalized spacial score (nSPS) is 16.8. The van der Waals surface area contributed by atoms with E-state index in [2.05, 4.69) is 22.4 Å². The molecule has 1 N–H and O–H groups in total. The van der Waals surface area contributed by atoms with E-state index in [1.54, 1.807) is 0 Å². The summed E-state index contributed by atoms with van der Waals surface area (Å²) in [6.45, 7) is 2.13. The first-order valence-corrected chi connectivity index (χ1v) is 6.55. The standard InChI is InChI=1S/C14H22N2/c1-2-5-13(4-1)6-3-9-16-12-14-7-10-15-11-8-14/h7-8,10-11,13,16H,1-6,9,12H2. The minimum Gasteiger partial charge on any atom is -0.313 e. The van der Waals surface area contributed by atoms with Gasteiger partial charge in [-0.2, -0.15) is 0 Å². The van der Waals surface area contributed by atoms with Gasteiger partial charge in [0.1, 0.15) is 0 Å². The fraction of sp³-hybridized carbons (Fsp3) is 0.643. The molecule has 0 amide bonds. The lowest BCUT2D eigenvalue weighted by molar-refractivity contribution is 0.470. The van der Waals surface area contributed by atoms with Crippen LogP contribution in [-0.4, -0.2) is 11.5 Å². The summed E-state index contributed by atoms with van der Waals surface area (Å²) in [5.41, 5.74) is 1.33. The molecule has 1 heterocycles. The van der Waals surface area contributed by atoms with E-state index >= 15 is 0 Å². The van der Waals surface area contributed by atoms with Crippen molar-refractivity contribution in [2.24, 2.45) is 5.92 Å². The second-order valence-corrected chi connectivity index (χ2v) is 4.82. The molecule has 2 heteroatoms. The van der Waals surface area contributed by atoms with E-state index in [9.17, 15) is 0 Å². The van der Waals surface area contributed by atoms with Crippen LogP contribution in [-0.2, 0) is 6.54 Å². The van der Waals surface area contributed by atoms with Crippen molar-refractivity contribution in [3.05, 3.63) is 30.1 Å². The first-order valence-electron chi connectivity index (χ1n) is 6.55. The van der Waals surface area contributed by atoms with Crippen molar-refractivity contribution in [2.45, 2.75) is 45.1 Å². The number of hydrogen-bond donors (Lipinski definition) is 1. The third kappa shape index (κ3) is 3.93. The van der Waals surface area contributed by atoms with Crippen molar-refractivity contribution in [3.8, 4) is 0 Å². The average molecular weight is 218 g/mol. The van der Waals surface area contributed by atoms with Gasteiger partial charge in [0, 0.05) is 18.9 Å². The Kier molecular flexibility index (Phi) is 4.81. The maximum absolute atomic E-state index is 4.01.